The van der Waals surface area contributed by atoms with Gasteiger partial charge in [-0.2, -0.15) is 17.7 Å². The van der Waals surface area contributed by atoms with Crippen molar-refractivity contribution < 1.29 is 23.1 Å². The second-order valence-electron chi connectivity index (χ2n) is 6.84. The van der Waals surface area contributed by atoms with Gasteiger partial charge in [0.15, 0.2) is 11.5 Å². The van der Waals surface area contributed by atoms with Gasteiger partial charge in [0, 0.05) is 19.0 Å². The van der Waals surface area contributed by atoms with Crippen LogP contribution < -0.4 is 4.90 Å². The molecule has 0 amide bonds. The fraction of sp³-hybridized carbons (Fsp3) is 0.600. The van der Waals surface area contributed by atoms with E-state index in [-0.39, 0.29) is 12.5 Å². The van der Waals surface area contributed by atoms with Gasteiger partial charge in [0.05, 0.1) is 11.8 Å². The van der Waals surface area contributed by atoms with Crippen LogP contribution in [0.2, 0.25) is 0 Å². The van der Waals surface area contributed by atoms with Crippen LogP contribution in [0.5, 0.6) is 0 Å². The summed E-state index contributed by atoms with van der Waals surface area (Å²) in [5.41, 5.74) is 0.527. The molecule has 25 heavy (non-hydrogen) atoms. The van der Waals surface area contributed by atoms with Gasteiger partial charge in [-0.15, -0.1) is 15.3 Å². The zero-order valence-corrected chi connectivity index (χ0v) is 13.3. The summed E-state index contributed by atoms with van der Waals surface area (Å²) in [5, 5.41) is 21.7. The molecule has 1 saturated carbocycles. The average Bonchev–Trinajstić information content (AvgIpc) is 3.00. The number of aliphatic carboxylic acids is 1. The van der Waals surface area contributed by atoms with E-state index in [2.05, 4.69) is 22.2 Å². The van der Waals surface area contributed by atoms with Gasteiger partial charge >= 0.3 is 12.1 Å². The molecule has 2 fully saturated rings. The lowest BCUT2D eigenvalue weighted by Crippen LogP contribution is -2.33. The molecule has 2 aromatic heterocycles. The monoisotopic (exact) mass is 355 g/mol. The number of anilines is 1. The van der Waals surface area contributed by atoms with E-state index in [0.717, 1.165) is 6.42 Å². The molecule has 2 aliphatic rings. The second-order valence-corrected chi connectivity index (χ2v) is 6.84. The first-order chi connectivity index (χ1) is 11.8. The molecule has 1 N–H and O–H groups in total. The maximum atomic E-state index is 13.1. The molecule has 7 nitrogen and oxygen atoms in total. The number of alkyl halides is 3. The highest BCUT2D eigenvalue weighted by Gasteiger charge is 2.53. The quantitative estimate of drug-likeness (QED) is 0.906. The molecule has 3 heterocycles. The van der Waals surface area contributed by atoms with Crippen molar-refractivity contribution in [3.63, 3.8) is 0 Å². The van der Waals surface area contributed by atoms with E-state index in [9.17, 15) is 18.0 Å². The molecule has 10 heteroatoms. The van der Waals surface area contributed by atoms with Gasteiger partial charge in [0.25, 0.3) is 0 Å². The Bertz CT molecular complexity index is 836. The van der Waals surface area contributed by atoms with Crippen LogP contribution in [0, 0.1) is 17.8 Å². The van der Waals surface area contributed by atoms with E-state index in [4.69, 9.17) is 5.11 Å². The number of carboxylic acids is 1. The van der Waals surface area contributed by atoms with Gasteiger partial charge in [-0.05, 0) is 24.5 Å². The molecular weight excluding hydrogens is 339 g/mol. The van der Waals surface area contributed by atoms with E-state index in [1.165, 1.54) is 4.90 Å². The van der Waals surface area contributed by atoms with Crippen molar-refractivity contribution in [2.45, 2.75) is 25.4 Å². The maximum absolute atomic E-state index is 13.1. The Morgan fingerprint density at radius 1 is 1.28 bits per heavy atom. The van der Waals surface area contributed by atoms with E-state index in [0.29, 0.717) is 23.2 Å². The summed E-state index contributed by atoms with van der Waals surface area (Å²) < 4.78 is 41.0. The van der Waals surface area contributed by atoms with E-state index in [1.54, 1.807) is 16.6 Å². The van der Waals surface area contributed by atoms with Crippen molar-refractivity contribution in [3.05, 3.63) is 18.0 Å². The third-order valence-corrected chi connectivity index (χ3v) is 5.10. The van der Waals surface area contributed by atoms with Crippen molar-refractivity contribution in [1.82, 2.24) is 19.8 Å². The topological polar surface area (TPSA) is 83.6 Å². The Morgan fingerprint density at radius 2 is 2.00 bits per heavy atom. The molecule has 1 aliphatic heterocycles. The fourth-order valence-electron chi connectivity index (χ4n) is 3.45. The van der Waals surface area contributed by atoms with Gasteiger partial charge in [-0.1, -0.05) is 6.92 Å². The first kappa shape index (κ1) is 16.1. The standard InChI is InChI=1S/C15H16F3N5O2/c1-7-4-8(7)13-20-19-11-2-3-12(21-23(11)13)22-5-9(14(24)25)10(6-22)15(16,17)18/h2-3,7-10H,4-6H2,1H3,(H,24,25)/t7?,8?,9-,10-/m1/s1. The second kappa shape index (κ2) is 5.30. The van der Waals surface area contributed by atoms with Gasteiger partial charge in [0.2, 0.25) is 0 Å². The number of aromatic nitrogens is 4. The molecule has 0 bridgehead atoms. The van der Waals surface area contributed by atoms with Crippen LogP contribution in [0.25, 0.3) is 5.65 Å². The molecule has 0 aromatic carbocycles. The number of carbonyl (C=O) groups is 1. The summed E-state index contributed by atoms with van der Waals surface area (Å²) in [6.07, 6.45) is -3.58. The van der Waals surface area contributed by atoms with Crippen LogP contribution in [-0.4, -0.2) is 50.2 Å². The van der Waals surface area contributed by atoms with E-state index >= 15 is 0 Å². The van der Waals surface area contributed by atoms with Gasteiger partial charge in [-0.25, -0.2) is 0 Å². The summed E-state index contributed by atoms with van der Waals surface area (Å²) in [6, 6.07) is 3.20. The van der Waals surface area contributed by atoms with Crippen molar-refractivity contribution in [2.75, 3.05) is 18.0 Å². The number of hydrogen-bond donors (Lipinski definition) is 1. The smallest absolute Gasteiger partial charge is 0.394 e. The average molecular weight is 355 g/mol. The minimum atomic E-state index is -4.56. The highest BCUT2D eigenvalue weighted by atomic mass is 19.4. The van der Waals surface area contributed by atoms with Gasteiger partial charge < -0.3 is 10.0 Å². The van der Waals surface area contributed by atoms with Crippen LogP contribution >= 0.6 is 0 Å². The number of hydrogen-bond acceptors (Lipinski definition) is 5. The highest BCUT2D eigenvalue weighted by molar-refractivity contribution is 5.72. The molecule has 0 spiro atoms. The zero-order chi connectivity index (χ0) is 17.9. The minimum absolute atomic E-state index is 0.227. The molecule has 4 rings (SSSR count). The van der Waals surface area contributed by atoms with E-state index in [1.807, 2.05) is 0 Å². The minimum Gasteiger partial charge on any atom is -0.481 e. The Labute approximate surface area is 140 Å². The molecular formula is C15H16F3N5O2. The molecule has 4 atom stereocenters. The van der Waals surface area contributed by atoms with Gasteiger partial charge in [-0.3, -0.25) is 4.79 Å². The van der Waals surface area contributed by atoms with Crippen LogP contribution in [0.3, 0.4) is 0 Å². The maximum Gasteiger partial charge on any atom is 0.394 e. The van der Waals surface area contributed by atoms with Crippen LogP contribution in [-0.2, 0) is 4.79 Å². The lowest BCUT2D eigenvalue weighted by Gasteiger charge is -2.18. The summed E-state index contributed by atoms with van der Waals surface area (Å²) in [6.45, 7) is 1.44. The molecule has 2 aromatic rings. The van der Waals surface area contributed by atoms with Crippen LogP contribution in [0.4, 0.5) is 19.0 Å². The normalized spacial score (nSPS) is 29.4. The van der Waals surface area contributed by atoms with Crippen molar-refractivity contribution in [3.8, 4) is 0 Å². The molecule has 1 aliphatic carbocycles. The Hall–Kier alpha value is -2.39. The molecule has 134 valence electrons. The molecule has 0 radical (unpaired) electrons. The lowest BCUT2D eigenvalue weighted by atomic mass is 9.96. The van der Waals surface area contributed by atoms with Gasteiger partial charge in [0.1, 0.15) is 5.82 Å². The van der Waals surface area contributed by atoms with Crippen LogP contribution in [0.1, 0.15) is 25.1 Å². The number of halogens is 3. The number of carboxylic acid groups (broad SMARTS) is 1. The molecule has 1 saturated heterocycles. The first-order valence-electron chi connectivity index (χ1n) is 8.02. The Kier molecular flexibility index (Phi) is 3.41. The van der Waals surface area contributed by atoms with Crippen molar-refractivity contribution in [1.29, 1.82) is 0 Å². The summed E-state index contributed by atoms with van der Waals surface area (Å²) >= 11 is 0. The first-order valence-corrected chi connectivity index (χ1v) is 8.02. The lowest BCUT2D eigenvalue weighted by molar-refractivity contribution is -0.187. The summed E-state index contributed by atoms with van der Waals surface area (Å²) in [4.78, 5) is 12.6. The number of rotatable bonds is 3. The third-order valence-electron chi connectivity index (χ3n) is 5.10. The Balaban J connectivity index is 1.66. The Morgan fingerprint density at radius 3 is 2.56 bits per heavy atom. The van der Waals surface area contributed by atoms with Crippen molar-refractivity contribution in [2.24, 2.45) is 17.8 Å². The molecule has 2 unspecified atom stereocenters. The third kappa shape index (κ3) is 2.69. The largest absolute Gasteiger partial charge is 0.481 e. The highest BCUT2D eigenvalue weighted by Crippen LogP contribution is 2.46. The zero-order valence-electron chi connectivity index (χ0n) is 13.3. The summed E-state index contributed by atoms with van der Waals surface area (Å²) in [7, 11) is 0. The van der Waals surface area contributed by atoms with E-state index < -0.39 is 30.5 Å². The predicted octanol–water partition coefficient (Wildman–Crippen LogP) is 1.95. The number of fused-ring (bicyclic) bond motifs is 1. The SMILES string of the molecule is CC1CC1c1nnc2ccc(N3C[C@@H](C(F)(F)F)[C@H](C(=O)O)C3)nn12. The van der Waals surface area contributed by atoms with Crippen LogP contribution in [0.15, 0.2) is 12.1 Å². The summed E-state index contributed by atoms with van der Waals surface area (Å²) in [5.74, 6) is -3.11. The fourth-order valence-corrected chi connectivity index (χ4v) is 3.45. The predicted molar refractivity (Wildman–Crippen MR) is 80.2 cm³/mol. The number of nitrogens with zero attached hydrogens (tertiary/aromatic N) is 5. The van der Waals surface area contributed by atoms with Crippen molar-refractivity contribution >= 4 is 17.4 Å².